The fourth-order valence-electron chi connectivity index (χ4n) is 3.55. The van der Waals surface area contributed by atoms with Gasteiger partial charge in [0.1, 0.15) is 5.00 Å². The van der Waals surface area contributed by atoms with Crippen molar-refractivity contribution in [2.24, 2.45) is 5.92 Å². The zero-order valence-corrected chi connectivity index (χ0v) is 15.4. The Morgan fingerprint density at radius 3 is 2.74 bits per heavy atom. The first-order chi connectivity index (χ1) is 11.1. The molecule has 1 aromatic rings. The second-order valence-corrected chi connectivity index (χ2v) is 8.14. The van der Waals surface area contributed by atoms with Gasteiger partial charge in [-0.25, -0.2) is 4.79 Å². The zero-order chi connectivity index (χ0) is 16.4. The number of carbonyl (C=O) groups is 1. The topological polar surface area (TPSA) is 50.4 Å². The molecule has 0 aliphatic heterocycles. The van der Waals surface area contributed by atoms with Crippen LogP contribution in [0.5, 0.6) is 0 Å². The predicted octanol–water partition coefficient (Wildman–Crippen LogP) is 3.89. The van der Waals surface area contributed by atoms with Crippen LogP contribution in [-0.2, 0) is 17.6 Å². The van der Waals surface area contributed by atoms with Crippen molar-refractivity contribution in [3.05, 3.63) is 16.0 Å². The second-order valence-electron chi connectivity index (χ2n) is 6.63. The van der Waals surface area contributed by atoms with E-state index in [4.69, 9.17) is 17.0 Å². The van der Waals surface area contributed by atoms with E-state index in [1.54, 1.807) is 11.3 Å². The molecular weight excluding hydrogens is 328 g/mol. The van der Waals surface area contributed by atoms with Crippen LogP contribution in [0.4, 0.5) is 5.00 Å². The summed E-state index contributed by atoms with van der Waals surface area (Å²) >= 11 is 7.11. The molecule has 0 radical (unpaired) electrons. The minimum absolute atomic E-state index is 0.261. The van der Waals surface area contributed by atoms with Crippen molar-refractivity contribution < 1.29 is 9.53 Å². The minimum atomic E-state index is -0.261. The van der Waals surface area contributed by atoms with Gasteiger partial charge in [0.2, 0.25) is 0 Å². The summed E-state index contributed by atoms with van der Waals surface area (Å²) in [6.07, 6.45) is 7.97. The first-order valence-electron chi connectivity index (χ1n) is 8.38. The van der Waals surface area contributed by atoms with Crippen LogP contribution in [0.25, 0.3) is 0 Å². The number of hydrogen-bond donors (Lipinski definition) is 2. The number of ether oxygens (including phenoxy) is 1. The lowest BCUT2D eigenvalue weighted by Gasteiger charge is -2.18. The van der Waals surface area contributed by atoms with Crippen LogP contribution >= 0.6 is 23.6 Å². The molecule has 1 saturated carbocycles. The smallest absolute Gasteiger partial charge is 0.341 e. The van der Waals surface area contributed by atoms with Crippen LogP contribution < -0.4 is 10.6 Å². The molecular formula is C17H24N2O2S2. The molecule has 23 heavy (non-hydrogen) atoms. The summed E-state index contributed by atoms with van der Waals surface area (Å²) in [5.41, 5.74) is 1.85. The molecule has 1 aromatic heterocycles. The largest absolute Gasteiger partial charge is 0.465 e. The number of carbonyl (C=O) groups excluding carboxylic acids is 1. The van der Waals surface area contributed by atoms with Crippen LogP contribution in [0.3, 0.4) is 0 Å². The second kappa shape index (κ2) is 7.18. The zero-order valence-electron chi connectivity index (χ0n) is 13.7. The average molecular weight is 353 g/mol. The van der Waals surface area contributed by atoms with Gasteiger partial charge in [-0.2, -0.15) is 0 Å². The van der Waals surface area contributed by atoms with E-state index in [0.29, 0.717) is 22.6 Å². The van der Waals surface area contributed by atoms with Gasteiger partial charge in [-0.1, -0.05) is 19.8 Å². The Hall–Kier alpha value is -1.14. The Morgan fingerprint density at radius 2 is 2.04 bits per heavy atom. The summed E-state index contributed by atoms with van der Waals surface area (Å²) in [6.45, 7) is 2.26. The van der Waals surface area contributed by atoms with Gasteiger partial charge in [-0.15, -0.1) is 11.3 Å². The molecule has 0 saturated heterocycles. The van der Waals surface area contributed by atoms with E-state index in [-0.39, 0.29) is 5.97 Å². The normalized spacial score (nSPS) is 20.9. The van der Waals surface area contributed by atoms with Crippen molar-refractivity contribution in [2.75, 3.05) is 12.4 Å². The third-order valence-electron chi connectivity index (χ3n) is 4.82. The van der Waals surface area contributed by atoms with E-state index in [1.165, 1.54) is 37.7 Å². The van der Waals surface area contributed by atoms with Gasteiger partial charge in [-0.05, 0) is 55.8 Å². The number of methoxy groups -OCH3 is 1. The van der Waals surface area contributed by atoms with E-state index in [0.717, 1.165) is 29.8 Å². The van der Waals surface area contributed by atoms with E-state index in [9.17, 15) is 4.79 Å². The van der Waals surface area contributed by atoms with Gasteiger partial charge in [0.25, 0.3) is 0 Å². The van der Waals surface area contributed by atoms with Crippen molar-refractivity contribution in [2.45, 2.75) is 57.9 Å². The molecule has 2 aliphatic rings. The Morgan fingerprint density at radius 1 is 1.30 bits per heavy atom. The maximum atomic E-state index is 12.3. The van der Waals surface area contributed by atoms with Gasteiger partial charge in [0.15, 0.2) is 5.11 Å². The first-order valence-corrected chi connectivity index (χ1v) is 9.61. The van der Waals surface area contributed by atoms with Crippen molar-refractivity contribution in [1.82, 2.24) is 5.32 Å². The highest BCUT2D eigenvalue weighted by Crippen LogP contribution is 2.40. The quantitative estimate of drug-likeness (QED) is 0.638. The molecule has 1 fully saturated rings. The molecule has 126 valence electrons. The van der Waals surface area contributed by atoms with E-state index in [2.05, 4.69) is 17.6 Å². The summed E-state index contributed by atoms with van der Waals surface area (Å²) in [6, 6.07) is 0.464. The molecule has 0 spiro atoms. The minimum Gasteiger partial charge on any atom is -0.465 e. The Bertz CT molecular complexity index is 606. The lowest BCUT2D eigenvalue weighted by molar-refractivity contribution is 0.0601. The van der Waals surface area contributed by atoms with Crippen LogP contribution in [-0.4, -0.2) is 24.2 Å². The van der Waals surface area contributed by atoms with Gasteiger partial charge < -0.3 is 15.4 Å². The molecule has 0 aromatic carbocycles. The molecule has 6 heteroatoms. The number of nitrogens with one attached hydrogen (secondary N) is 2. The number of fused-ring (bicyclic) bond motifs is 1. The lowest BCUT2D eigenvalue weighted by atomic mass is 9.88. The summed E-state index contributed by atoms with van der Waals surface area (Å²) < 4.78 is 5.01. The molecule has 3 rings (SSSR count). The highest BCUT2D eigenvalue weighted by Gasteiger charge is 2.28. The van der Waals surface area contributed by atoms with Crippen LogP contribution in [0.2, 0.25) is 0 Å². The van der Waals surface area contributed by atoms with Crippen LogP contribution in [0.15, 0.2) is 0 Å². The summed E-state index contributed by atoms with van der Waals surface area (Å²) in [7, 11) is 1.44. The summed E-state index contributed by atoms with van der Waals surface area (Å²) in [4.78, 5) is 13.6. The third-order valence-corrected chi connectivity index (χ3v) is 6.21. The molecule has 1 atom stereocenters. The third kappa shape index (κ3) is 3.69. The maximum absolute atomic E-state index is 12.3. The van der Waals surface area contributed by atoms with Crippen molar-refractivity contribution >= 4 is 39.6 Å². The fraction of sp³-hybridized carbons (Fsp3) is 0.647. The molecule has 4 nitrogen and oxygen atoms in total. The monoisotopic (exact) mass is 352 g/mol. The van der Waals surface area contributed by atoms with Crippen LogP contribution in [0, 0.1) is 5.92 Å². The SMILES string of the molecule is COC(=O)c1c(NC(=S)NC2CCCC2)sc2c1CC[C@@H](C)C2. The Balaban J connectivity index is 1.80. The standard InChI is InChI=1S/C17H24N2O2S2/c1-10-7-8-12-13(9-10)23-15(14(12)16(20)21-2)19-17(22)18-11-5-3-4-6-11/h10-11H,3-9H2,1-2H3,(H2,18,19,22)/t10-/m1/s1. The number of esters is 1. The Labute approximate surface area is 147 Å². The fourth-order valence-corrected chi connectivity index (χ4v) is 5.29. The van der Waals surface area contributed by atoms with Gasteiger partial charge >= 0.3 is 5.97 Å². The molecule has 0 bridgehead atoms. The average Bonchev–Trinajstić information content (AvgIpc) is 3.13. The van der Waals surface area contributed by atoms with Gasteiger partial charge in [0, 0.05) is 10.9 Å². The molecule has 0 unspecified atom stereocenters. The van der Waals surface area contributed by atoms with E-state index < -0.39 is 0 Å². The number of rotatable bonds is 3. The first kappa shape index (κ1) is 16.7. The highest BCUT2D eigenvalue weighted by atomic mass is 32.1. The Kier molecular flexibility index (Phi) is 5.21. The number of anilines is 1. The lowest BCUT2D eigenvalue weighted by Crippen LogP contribution is -2.36. The van der Waals surface area contributed by atoms with Crippen molar-refractivity contribution in [3.8, 4) is 0 Å². The summed E-state index contributed by atoms with van der Waals surface area (Å²) in [5.74, 6) is 0.409. The van der Waals surface area contributed by atoms with Gasteiger partial charge in [0.05, 0.1) is 12.7 Å². The summed E-state index contributed by atoms with van der Waals surface area (Å²) in [5, 5.41) is 8.10. The molecule has 1 heterocycles. The molecule has 0 amide bonds. The van der Waals surface area contributed by atoms with E-state index in [1.807, 2.05) is 0 Å². The molecule has 2 N–H and O–H groups in total. The number of thiophene rings is 1. The molecule has 2 aliphatic carbocycles. The predicted molar refractivity (Wildman–Crippen MR) is 98.5 cm³/mol. The van der Waals surface area contributed by atoms with Crippen molar-refractivity contribution in [3.63, 3.8) is 0 Å². The van der Waals surface area contributed by atoms with Crippen LogP contribution in [0.1, 0.15) is 59.8 Å². The van der Waals surface area contributed by atoms with E-state index >= 15 is 0 Å². The van der Waals surface area contributed by atoms with Crippen molar-refractivity contribution in [1.29, 1.82) is 0 Å². The number of hydrogen-bond acceptors (Lipinski definition) is 4. The highest BCUT2D eigenvalue weighted by molar-refractivity contribution is 7.80. The maximum Gasteiger partial charge on any atom is 0.341 e. The number of thiocarbonyl (C=S) groups is 1. The van der Waals surface area contributed by atoms with Gasteiger partial charge in [-0.3, -0.25) is 0 Å².